The lowest BCUT2D eigenvalue weighted by Crippen LogP contribution is -2.63. The van der Waals surface area contributed by atoms with E-state index in [1.807, 2.05) is 26.0 Å². The van der Waals surface area contributed by atoms with E-state index in [0.29, 0.717) is 19.4 Å². The average Bonchev–Trinajstić information content (AvgIpc) is 2.84. The van der Waals surface area contributed by atoms with Crippen molar-refractivity contribution in [3.63, 3.8) is 0 Å². The molecule has 0 aromatic carbocycles. The highest BCUT2D eigenvalue weighted by atomic mass is 35.5. The number of carbonyl (C=O) groups excluding carboxylic acids is 2. The predicted octanol–water partition coefficient (Wildman–Crippen LogP) is 2.46. The molecule has 2 heterocycles. The summed E-state index contributed by atoms with van der Waals surface area (Å²) < 4.78 is 0.751. The minimum absolute atomic E-state index is 0.0293. The van der Waals surface area contributed by atoms with E-state index in [2.05, 4.69) is 5.32 Å². The summed E-state index contributed by atoms with van der Waals surface area (Å²) >= 11 is 7.43. The number of rotatable bonds is 5. The van der Waals surface area contributed by atoms with Crippen LogP contribution in [0, 0.1) is 0 Å². The van der Waals surface area contributed by atoms with Crippen LogP contribution >= 0.6 is 22.9 Å². The first-order chi connectivity index (χ1) is 9.56. The number of nitrogens with one attached hydrogen (secondary N) is 1. The second-order valence-corrected chi connectivity index (χ2v) is 6.68. The Balaban J connectivity index is 2.08. The van der Waals surface area contributed by atoms with Crippen molar-refractivity contribution in [3.05, 3.63) is 21.3 Å². The van der Waals surface area contributed by atoms with E-state index in [1.54, 1.807) is 4.90 Å². The van der Waals surface area contributed by atoms with Crippen LogP contribution < -0.4 is 5.32 Å². The minimum Gasteiger partial charge on any atom is -0.343 e. The van der Waals surface area contributed by atoms with Gasteiger partial charge in [0.1, 0.15) is 12.1 Å². The quantitative estimate of drug-likeness (QED) is 0.907. The Bertz CT molecular complexity index is 503. The Labute approximate surface area is 128 Å². The van der Waals surface area contributed by atoms with Crippen LogP contribution in [-0.2, 0) is 16.0 Å². The molecule has 1 aliphatic heterocycles. The topological polar surface area (TPSA) is 49.4 Å². The molecule has 1 aromatic rings. The zero-order valence-electron chi connectivity index (χ0n) is 11.7. The Morgan fingerprint density at radius 3 is 2.60 bits per heavy atom. The Morgan fingerprint density at radius 1 is 1.30 bits per heavy atom. The number of hydrogen-bond acceptors (Lipinski definition) is 3. The van der Waals surface area contributed by atoms with Crippen molar-refractivity contribution in [1.82, 2.24) is 10.2 Å². The Kier molecular flexibility index (Phi) is 5.05. The number of hydrogen-bond donors (Lipinski definition) is 1. The van der Waals surface area contributed by atoms with Crippen molar-refractivity contribution < 1.29 is 9.59 Å². The van der Waals surface area contributed by atoms with Gasteiger partial charge in [-0.3, -0.25) is 9.59 Å². The molecule has 0 bridgehead atoms. The maximum absolute atomic E-state index is 12.4. The van der Waals surface area contributed by atoms with E-state index in [9.17, 15) is 9.59 Å². The number of halogens is 1. The molecule has 6 heteroatoms. The molecule has 0 saturated carbocycles. The van der Waals surface area contributed by atoms with Gasteiger partial charge >= 0.3 is 0 Å². The van der Waals surface area contributed by atoms with Crippen molar-refractivity contribution in [2.75, 3.05) is 6.54 Å². The highest BCUT2D eigenvalue weighted by molar-refractivity contribution is 7.16. The summed E-state index contributed by atoms with van der Waals surface area (Å²) in [7, 11) is 0. The molecule has 1 saturated heterocycles. The zero-order valence-corrected chi connectivity index (χ0v) is 13.3. The molecular weight excluding hydrogens is 296 g/mol. The van der Waals surface area contributed by atoms with E-state index in [1.165, 1.54) is 11.3 Å². The van der Waals surface area contributed by atoms with E-state index < -0.39 is 0 Å². The van der Waals surface area contributed by atoms with Crippen molar-refractivity contribution in [2.24, 2.45) is 0 Å². The molecule has 2 unspecified atom stereocenters. The molecule has 0 aliphatic carbocycles. The van der Waals surface area contributed by atoms with Crippen molar-refractivity contribution in [1.29, 1.82) is 0 Å². The molecule has 20 heavy (non-hydrogen) atoms. The SMILES string of the molecule is CCC1NC(=O)C(CC)N(CCc2ccc(Cl)s2)C1=O. The van der Waals surface area contributed by atoms with Gasteiger partial charge in [-0.1, -0.05) is 25.4 Å². The molecule has 2 rings (SSSR count). The summed E-state index contributed by atoms with van der Waals surface area (Å²) in [5.41, 5.74) is 0. The standard InChI is InChI=1S/C14H19ClN2O2S/c1-3-10-14(19)17(11(4-2)13(18)16-10)8-7-9-5-6-12(15)20-9/h5-6,10-11H,3-4,7-8H2,1-2H3,(H,16,18). The Morgan fingerprint density at radius 2 is 2.05 bits per heavy atom. The van der Waals surface area contributed by atoms with Gasteiger partial charge in [-0.05, 0) is 31.4 Å². The van der Waals surface area contributed by atoms with Crippen LogP contribution in [0.1, 0.15) is 31.6 Å². The molecule has 1 fully saturated rings. The van der Waals surface area contributed by atoms with E-state index in [4.69, 9.17) is 11.6 Å². The lowest BCUT2D eigenvalue weighted by atomic mass is 10.0. The van der Waals surface area contributed by atoms with Crippen LogP contribution in [0.2, 0.25) is 4.34 Å². The molecule has 2 amide bonds. The van der Waals surface area contributed by atoms with Crippen LogP contribution in [0.3, 0.4) is 0 Å². The number of nitrogens with zero attached hydrogens (tertiary/aromatic N) is 1. The summed E-state index contributed by atoms with van der Waals surface area (Å²) in [6, 6.07) is 3.11. The molecule has 0 radical (unpaired) electrons. The number of piperazine rings is 1. The monoisotopic (exact) mass is 314 g/mol. The first kappa shape index (κ1) is 15.3. The second-order valence-electron chi connectivity index (χ2n) is 4.88. The molecule has 1 aromatic heterocycles. The highest BCUT2D eigenvalue weighted by Crippen LogP contribution is 2.23. The third-order valence-corrected chi connectivity index (χ3v) is 4.89. The van der Waals surface area contributed by atoms with Crippen molar-refractivity contribution >= 4 is 34.8 Å². The fourth-order valence-corrected chi connectivity index (χ4v) is 3.57. The van der Waals surface area contributed by atoms with Gasteiger partial charge in [-0.2, -0.15) is 0 Å². The maximum atomic E-state index is 12.4. The second kappa shape index (κ2) is 6.59. The van der Waals surface area contributed by atoms with Crippen LogP contribution in [0.15, 0.2) is 12.1 Å². The van der Waals surface area contributed by atoms with Crippen LogP contribution in [0.5, 0.6) is 0 Å². The average molecular weight is 315 g/mol. The molecular formula is C14H19ClN2O2S. The van der Waals surface area contributed by atoms with Crippen molar-refractivity contribution in [3.8, 4) is 0 Å². The van der Waals surface area contributed by atoms with E-state index in [-0.39, 0.29) is 23.9 Å². The lowest BCUT2D eigenvalue weighted by molar-refractivity contribution is -0.149. The fourth-order valence-electron chi connectivity index (χ4n) is 2.49. The van der Waals surface area contributed by atoms with Gasteiger partial charge in [0.05, 0.1) is 4.34 Å². The molecule has 1 N–H and O–H groups in total. The summed E-state index contributed by atoms with van der Waals surface area (Å²) in [6.07, 6.45) is 2.00. The van der Waals surface area contributed by atoms with Gasteiger partial charge in [0, 0.05) is 11.4 Å². The fraction of sp³-hybridized carbons (Fsp3) is 0.571. The van der Waals surface area contributed by atoms with Gasteiger partial charge in [-0.25, -0.2) is 0 Å². The van der Waals surface area contributed by atoms with Crippen LogP contribution in [0.25, 0.3) is 0 Å². The highest BCUT2D eigenvalue weighted by Gasteiger charge is 2.38. The number of carbonyl (C=O) groups is 2. The maximum Gasteiger partial charge on any atom is 0.245 e. The van der Waals surface area contributed by atoms with Crippen LogP contribution in [0.4, 0.5) is 0 Å². The van der Waals surface area contributed by atoms with Crippen LogP contribution in [-0.4, -0.2) is 35.3 Å². The van der Waals surface area contributed by atoms with E-state index in [0.717, 1.165) is 15.6 Å². The summed E-state index contributed by atoms with van der Waals surface area (Å²) in [4.78, 5) is 27.3. The smallest absolute Gasteiger partial charge is 0.245 e. The summed E-state index contributed by atoms with van der Waals surface area (Å²) in [5, 5.41) is 2.80. The summed E-state index contributed by atoms with van der Waals surface area (Å²) in [6.45, 7) is 4.41. The zero-order chi connectivity index (χ0) is 14.7. The predicted molar refractivity (Wildman–Crippen MR) is 81.0 cm³/mol. The lowest BCUT2D eigenvalue weighted by Gasteiger charge is -2.38. The van der Waals surface area contributed by atoms with Gasteiger partial charge in [0.2, 0.25) is 11.8 Å². The Hall–Kier alpha value is -1.07. The number of amides is 2. The minimum atomic E-state index is -0.378. The molecule has 2 atom stereocenters. The van der Waals surface area contributed by atoms with Gasteiger partial charge in [0.25, 0.3) is 0 Å². The van der Waals surface area contributed by atoms with E-state index >= 15 is 0 Å². The third kappa shape index (κ3) is 3.15. The first-order valence-corrected chi connectivity index (χ1v) is 8.11. The van der Waals surface area contributed by atoms with Gasteiger partial charge in [0.15, 0.2) is 0 Å². The largest absolute Gasteiger partial charge is 0.343 e. The normalized spacial score (nSPS) is 23.1. The molecule has 4 nitrogen and oxygen atoms in total. The van der Waals surface area contributed by atoms with Gasteiger partial charge in [-0.15, -0.1) is 11.3 Å². The van der Waals surface area contributed by atoms with Crippen molar-refractivity contribution in [2.45, 2.75) is 45.2 Å². The molecule has 0 spiro atoms. The van der Waals surface area contributed by atoms with Gasteiger partial charge < -0.3 is 10.2 Å². The third-order valence-electron chi connectivity index (χ3n) is 3.60. The first-order valence-electron chi connectivity index (χ1n) is 6.91. The molecule has 1 aliphatic rings. The molecule has 110 valence electrons. The number of thiophene rings is 1. The summed E-state index contributed by atoms with van der Waals surface area (Å²) in [5.74, 6) is -0.00948.